The number of halogens is 2. The topological polar surface area (TPSA) is 84.5 Å². The lowest BCUT2D eigenvalue weighted by atomic mass is 10.2. The SMILES string of the molecule is COc1ccc(S(=O)(=O)NC(C)C(=O)Nc2c(Cl)cccc2Cl)cc1C. The number of methoxy groups -OCH3 is 1. The molecule has 0 spiro atoms. The van der Waals surface area contributed by atoms with Crippen LogP contribution in [-0.2, 0) is 14.8 Å². The number of anilines is 1. The first-order valence-electron chi connectivity index (χ1n) is 7.57. The summed E-state index contributed by atoms with van der Waals surface area (Å²) in [6.45, 7) is 3.15. The van der Waals surface area contributed by atoms with Crippen LogP contribution in [0.3, 0.4) is 0 Å². The maximum absolute atomic E-state index is 12.5. The van der Waals surface area contributed by atoms with Gasteiger partial charge in [-0.15, -0.1) is 0 Å². The Morgan fingerprint density at radius 3 is 2.31 bits per heavy atom. The summed E-state index contributed by atoms with van der Waals surface area (Å²) in [5.41, 5.74) is 0.891. The molecule has 1 atom stereocenters. The molecule has 2 N–H and O–H groups in total. The summed E-state index contributed by atoms with van der Waals surface area (Å²) < 4.78 is 32.4. The fourth-order valence-corrected chi connectivity index (χ4v) is 4.00. The zero-order valence-electron chi connectivity index (χ0n) is 14.3. The standard InChI is InChI=1S/C17H18Cl2N2O4S/c1-10-9-12(7-8-15(10)25-3)26(23,24)21-11(2)17(22)20-16-13(18)5-4-6-14(16)19/h4-9,11,21H,1-3H3,(H,20,22). The van der Waals surface area contributed by atoms with Crippen LogP contribution < -0.4 is 14.8 Å². The van der Waals surface area contributed by atoms with Gasteiger partial charge in [0.05, 0.1) is 33.8 Å². The van der Waals surface area contributed by atoms with Crippen LogP contribution in [0.5, 0.6) is 5.75 Å². The van der Waals surface area contributed by atoms with Gasteiger partial charge in [0.1, 0.15) is 5.75 Å². The van der Waals surface area contributed by atoms with Gasteiger partial charge in [0.2, 0.25) is 15.9 Å². The van der Waals surface area contributed by atoms with E-state index >= 15 is 0 Å². The highest BCUT2D eigenvalue weighted by Gasteiger charge is 2.23. The molecule has 6 nitrogen and oxygen atoms in total. The van der Waals surface area contributed by atoms with E-state index in [-0.39, 0.29) is 20.6 Å². The zero-order valence-corrected chi connectivity index (χ0v) is 16.7. The van der Waals surface area contributed by atoms with Gasteiger partial charge in [0, 0.05) is 0 Å². The number of amides is 1. The monoisotopic (exact) mass is 416 g/mol. The number of ether oxygens (including phenoxy) is 1. The molecule has 0 aliphatic rings. The number of aryl methyl sites for hydroxylation is 1. The molecule has 0 saturated heterocycles. The summed E-state index contributed by atoms with van der Waals surface area (Å²) >= 11 is 12.0. The van der Waals surface area contributed by atoms with Crippen LogP contribution in [0.25, 0.3) is 0 Å². The number of para-hydroxylation sites is 1. The van der Waals surface area contributed by atoms with Crippen molar-refractivity contribution in [2.45, 2.75) is 24.8 Å². The Bertz CT molecular complexity index is 912. The van der Waals surface area contributed by atoms with E-state index in [1.54, 1.807) is 31.2 Å². The molecule has 1 amide bonds. The molecule has 0 radical (unpaired) electrons. The molecule has 0 aliphatic heterocycles. The Labute approximate surface area is 162 Å². The highest BCUT2D eigenvalue weighted by atomic mass is 35.5. The number of hydrogen-bond acceptors (Lipinski definition) is 4. The Kier molecular flexibility index (Phi) is 6.52. The smallest absolute Gasteiger partial charge is 0.242 e. The van der Waals surface area contributed by atoms with Crippen molar-refractivity contribution >= 4 is 44.8 Å². The molecular formula is C17H18Cl2N2O4S. The summed E-state index contributed by atoms with van der Waals surface area (Å²) in [5, 5.41) is 3.04. The van der Waals surface area contributed by atoms with Crippen molar-refractivity contribution in [3.63, 3.8) is 0 Å². The molecule has 0 aromatic heterocycles. The van der Waals surface area contributed by atoms with Crippen LogP contribution in [0.15, 0.2) is 41.3 Å². The van der Waals surface area contributed by atoms with E-state index in [0.29, 0.717) is 11.3 Å². The van der Waals surface area contributed by atoms with E-state index in [1.165, 1.54) is 26.2 Å². The number of rotatable bonds is 6. The average molecular weight is 417 g/mol. The van der Waals surface area contributed by atoms with Crippen LogP contribution in [0, 0.1) is 6.92 Å². The summed E-state index contributed by atoms with van der Waals surface area (Å²) in [6, 6.07) is 8.15. The fourth-order valence-electron chi connectivity index (χ4n) is 2.22. The second kappa shape index (κ2) is 8.26. The second-order valence-corrected chi connectivity index (χ2v) is 8.09. The lowest BCUT2D eigenvalue weighted by molar-refractivity contribution is -0.117. The first-order chi connectivity index (χ1) is 12.2. The molecule has 2 aromatic carbocycles. The van der Waals surface area contributed by atoms with Gasteiger partial charge in [0.25, 0.3) is 0 Å². The molecule has 0 saturated carbocycles. The summed E-state index contributed by atoms with van der Waals surface area (Å²) in [4.78, 5) is 12.4. The molecule has 0 fully saturated rings. The van der Waals surface area contributed by atoms with Gasteiger partial charge < -0.3 is 10.1 Å². The van der Waals surface area contributed by atoms with Gasteiger partial charge in [-0.25, -0.2) is 8.42 Å². The summed E-state index contributed by atoms with van der Waals surface area (Å²) in [7, 11) is -2.40. The van der Waals surface area contributed by atoms with Crippen molar-refractivity contribution in [1.82, 2.24) is 4.72 Å². The molecular weight excluding hydrogens is 399 g/mol. The van der Waals surface area contributed by atoms with Crippen molar-refractivity contribution in [2.24, 2.45) is 0 Å². The molecule has 9 heteroatoms. The predicted molar refractivity (Wildman–Crippen MR) is 103 cm³/mol. The van der Waals surface area contributed by atoms with E-state index in [4.69, 9.17) is 27.9 Å². The number of carbonyl (C=O) groups is 1. The highest BCUT2D eigenvalue weighted by molar-refractivity contribution is 7.89. The Morgan fingerprint density at radius 1 is 1.15 bits per heavy atom. The Hall–Kier alpha value is -1.80. The normalized spacial score (nSPS) is 12.5. The number of carbonyl (C=O) groups excluding carboxylic acids is 1. The molecule has 0 heterocycles. The minimum atomic E-state index is -3.90. The van der Waals surface area contributed by atoms with Gasteiger partial charge in [-0.1, -0.05) is 29.3 Å². The van der Waals surface area contributed by atoms with Crippen LogP contribution in [0.4, 0.5) is 5.69 Å². The van der Waals surface area contributed by atoms with E-state index in [2.05, 4.69) is 10.0 Å². The van der Waals surface area contributed by atoms with Gasteiger partial charge >= 0.3 is 0 Å². The van der Waals surface area contributed by atoms with Crippen molar-refractivity contribution in [3.05, 3.63) is 52.0 Å². The lowest BCUT2D eigenvalue weighted by Gasteiger charge is -2.16. The first-order valence-corrected chi connectivity index (χ1v) is 9.81. The Morgan fingerprint density at radius 2 is 1.77 bits per heavy atom. The van der Waals surface area contributed by atoms with Crippen LogP contribution in [0.1, 0.15) is 12.5 Å². The maximum atomic E-state index is 12.5. The number of hydrogen-bond donors (Lipinski definition) is 2. The van der Waals surface area contributed by atoms with Crippen LogP contribution >= 0.6 is 23.2 Å². The van der Waals surface area contributed by atoms with E-state index in [1.807, 2.05) is 0 Å². The highest BCUT2D eigenvalue weighted by Crippen LogP contribution is 2.30. The Balaban J connectivity index is 2.16. The van der Waals surface area contributed by atoms with E-state index in [0.717, 1.165) is 0 Å². The van der Waals surface area contributed by atoms with Crippen molar-refractivity contribution < 1.29 is 17.9 Å². The van der Waals surface area contributed by atoms with Gasteiger partial charge in [-0.05, 0) is 49.7 Å². The third-order valence-corrected chi connectivity index (χ3v) is 5.78. The first kappa shape index (κ1) is 20.5. The lowest BCUT2D eigenvalue weighted by Crippen LogP contribution is -2.41. The summed E-state index contributed by atoms with van der Waals surface area (Å²) in [5.74, 6) is -0.0167. The third kappa shape index (κ3) is 4.67. The minimum Gasteiger partial charge on any atom is -0.496 e. The molecule has 1 unspecified atom stereocenters. The molecule has 0 aliphatic carbocycles. The third-order valence-electron chi connectivity index (χ3n) is 3.61. The van der Waals surface area contributed by atoms with E-state index in [9.17, 15) is 13.2 Å². The largest absolute Gasteiger partial charge is 0.496 e. The molecule has 140 valence electrons. The molecule has 2 rings (SSSR count). The molecule has 2 aromatic rings. The molecule has 26 heavy (non-hydrogen) atoms. The second-order valence-electron chi connectivity index (χ2n) is 5.56. The average Bonchev–Trinajstić information content (AvgIpc) is 2.57. The predicted octanol–water partition coefficient (Wildman–Crippen LogP) is 3.62. The van der Waals surface area contributed by atoms with Crippen molar-refractivity contribution in [2.75, 3.05) is 12.4 Å². The maximum Gasteiger partial charge on any atom is 0.242 e. The summed E-state index contributed by atoms with van der Waals surface area (Å²) in [6.07, 6.45) is 0. The fraction of sp³-hybridized carbons (Fsp3) is 0.235. The van der Waals surface area contributed by atoms with E-state index < -0.39 is 22.0 Å². The quantitative estimate of drug-likeness (QED) is 0.752. The van der Waals surface area contributed by atoms with Gasteiger partial charge in [-0.2, -0.15) is 4.72 Å². The van der Waals surface area contributed by atoms with Crippen LogP contribution in [0.2, 0.25) is 10.0 Å². The number of nitrogens with one attached hydrogen (secondary N) is 2. The number of benzene rings is 2. The van der Waals surface area contributed by atoms with Crippen LogP contribution in [-0.4, -0.2) is 27.5 Å². The van der Waals surface area contributed by atoms with Crippen molar-refractivity contribution in [1.29, 1.82) is 0 Å². The van der Waals surface area contributed by atoms with Gasteiger partial charge in [0.15, 0.2) is 0 Å². The van der Waals surface area contributed by atoms with Gasteiger partial charge in [-0.3, -0.25) is 4.79 Å². The molecule has 0 bridgehead atoms. The zero-order chi connectivity index (χ0) is 19.5. The number of sulfonamides is 1. The minimum absolute atomic E-state index is 0.0335. The van der Waals surface area contributed by atoms with Crippen molar-refractivity contribution in [3.8, 4) is 5.75 Å².